The van der Waals surface area contributed by atoms with E-state index < -0.39 is 98.8 Å². The topological polar surface area (TPSA) is 411 Å². The van der Waals surface area contributed by atoms with Gasteiger partial charge < -0.3 is 62.5 Å². The Kier molecular flexibility index (Phi) is 21.8. The zero-order chi connectivity index (χ0) is 57.3. The number of aromatic hydroxyl groups is 1. The first kappa shape index (κ1) is 60.5. The predicted octanol–water partition coefficient (Wildman–Crippen LogP) is 1.46. The quantitative estimate of drug-likeness (QED) is 0.0111. The van der Waals surface area contributed by atoms with Crippen molar-refractivity contribution in [3.8, 4) is 33.9 Å². The van der Waals surface area contributed by atoms with E-state index in [1.807, 2.05) is 0 Å². The largest absolute Gasteiger partial charge is 0.524 e. The highest BCUT2D eigenvalue weighted by Crippen LogP contribution is 2.43. The van der Waals surface area contributed by atoms with Crippen molar-refractivity contribution in [3.05, 3.63) is 100 Å². The van der Waals surface area contributed by atoms with E-state index in [0.717, 1.165) is 0 Å². The normalized spacial score (nSPS) is 12.7. The number of hydrogen-bond donors (Lipinski definition) is 12. The summed E-state index contributed by atoms with van der Waals surface area (Å²) in [6.07, 6.45) is -0.722. The van der Waals surface area contributed by atoms with Crippen LogP contribution in [0, 0.1) is 5.92 Å². The molecule has 414 valence electrons. The fourth-order valence-electron chi connectivity index (χ4n) is 8.00. The Balaban J connectivity index is 1.29. The Labute approximate surface area is 450 Å². The summed E-state index contributed by atoms with van der Waals surface area (Å²) in [7, 11) is -4.93. The minimum Gasteiger partial charge on any atom is -0.508 e. The first-order valence-electron chi connectivity index (χ1n) is 24.1. The fraction of sp³-hybridized carbons (Fsp3) is 0.333. The summed E-state index contributed by atoms with van der Waals surface area (Å²) in [5, 5.41) is 37.5. The molecule has 0 fully saturated rings. The molecule has 0 bridgehead atoms. The van der Waals surface area contributed by atoms with Gasteiger partial charge in [0.15, 0.2) is 5.43 Å². The second kappa shape index (κ2) is 28.1. The average Bonchev–Trinajstić information content (AvgIpc) is 3.48. The number of primary amides is 2. The van der Waals surface area contributed by atoms with Crippen LogP contribution in [0.5, 0.6) is 11.5 Å². The van der Waals surface area contributed by atoms with Gasteiger partial charge in [0.25, 0.3) is 5.91 Å². The molecule has 0 spiro atoms. The maximum atomic E-state index is 14.1. The molecule has 27 heteroatoms. The number of phenols is 1. The number of benzene rings is 4. The number of carbonyl (C=O) groups is 8. The number of nitrogens with zero attached hydrogens (tertiary/aromatic N) is 1. The van der Waals surface area contributed by atoms with Gasteiger partial charge in [0.2, 0.25) is 41.4 Å². The summed E-state index contributed by atoms with van der Waals surface area (Å²) in [5.41, 5.74) is 12.8. The maximum absolute atomic E-state index is 14.1. The van der Waals surface area contributed by atoms with Crippen molar-refractivity contribution in [1.82, 2.24) is 31.9 Å². The number of phosphoric acid groups is 1. The van der Waals surface area contributed by atoms with Crippen LogP contribution >= 0.6 is 20.0 Å². The van der Waals surface area contributed by atoms with Gasteiger partial charge >= 0.3 is 7.82 Å². The van der Waals surface area contributed by atoms with Crippen molar-refractivity contribution in [2.24, 2.45) is 22.4 Å². The lowest BCUT2D eigenvalue weighted by molar-refractivity contribution is -0.134. The van der Waals surface area contributed by atoms with Crippen LogP contribution in [0.15, 0.2) is 93.1 Å². The zero-order valence-corrected chi connectivity index (χ0v) is 43.8. The van der Waals surface area contributed by atoms with E-state index in [9.17, 15) is 67.7 Å². The molecule has 0 unspecified atom stereocenters. The Morgan fingerprint density at radius 3 is 2.10 bits per heavy atom. The van der Waals surface area contributed by atoms with E-state index in [1.165, 1.54) is 54.6 Å². The number of phenolic OH excluding ortho intramolecular Hbond substituents is 1. The number of nitrogens with one attached hydrogen (secondary N) is 6. The predicted molar refractivity (Wildman–Crippen MR) is 285 cm³/mol. The van der Waals surface area contributed by atoms with E-state index in [-0.39, 0.29) is 84.8 Å². The van der Waals surface area contributed by atoms with Gasteiger partial charge in [0.1, 0.15) is 47.0 Å². The van der Waals surface area contributed by atoms with Gasteiger partial charge in [0, 0.05) is 60.0 Å². The Morgan fingerprint density at radius 2 is 1.45 bits per heavy atom. The number of aliphatic hydroxyl groups is 1. The van der Waals surface area contributed by atoms with Crippen molar-refractivity contribution in [1.29, 1.82) is 0 Å². The van der Waals surface area contributed by atoms with Crippen molar-refractivity contribution >= 4 is 89.1 Å². The van der Waals surface area contributed by atoms with Crippen LogP contribution in [0.4, 0.5) is 5.69 Å². The number of carbonyl (C=O) groups excluding carboxylic acids is 8. The number of phosphoric ester groups is 1. The summed E-state index contributed by atoms with van der Waals surface area (Å²) in [5.74, 6) is -6.91. The van der Waals surface area contributed by atoms with E-state index in [1.54, 1.807) is 38.1 Å². The number of unbranched alkanes of at least 4 members (excludes halogenated alkanes) is 1. The number of amides is 8. The van der Waals surface area contributed by atoms with Gasteiger partial charge in [-0.25, -0.2) is 4.57 Å². The maximum Gasteiger partial charge on any atom is 0.524 e. The van der Waals surface area contributed by atoms with Gasteiger partial charge in [-0.3, -0.25) is 52.9 Å². The number of rotatable bonds is 28. The van der Waals surface area contributed by atoms with Crippen LogP contribution in [-0.4, -0.2) is 116 Å². The molecule has 78 heavy (non-hydrogen) atoms. The first-order chi connectivity index (χ1) is 36.9. The van der Waals surface area contributed by atoms with Crippen molar-refractivity contribution in [3.63, 3.8) is 0 Å². The number of fused-ring (bicyclic) bond motifs is 2. The highest BCUT2D eigenvalue weighted by molar-refractivity contribution is 7.78. The molecule has 5 rings (SSSR count). The molecule has 0 aromatic heterocycles. The van der Waals surface area contributed by atoms with Crippen LogP contribution < -0.4 is 53.3 Å². The van der Waals surface area contributed by atoms with Crippen LogP contribution in [-0.2, 0) is 44.5 Å². The molecule has 25 nitrogen and oxygen atoms in total. The van der Waals surface area contributed by atoms with Crippen molar-refractivity contribution < 1.29 is 71.9 Å². The number of thiocarbonyl (C=S) groups is 1. The van der Waals surface area contributed by atoms with Gasteiger partial charge in [-0.05, 0) is 103 Å². The van der Waals surface area contributed by atoms with Gasteiger partial charge in [-0.2, -0.15) is 4.99 Å². The molecule has 3 aromatic rings. The smallest absolute Gasteiger partial charge is 0.508 e. The third kappa shape index (κ3) is 18.1. The number of aliphatic hydroxyl groups excluding tert-OH is 1. The number of hydrogen-bond acceptors (Lipinski definition) is 16. The van der Waals surface area contributed by atoms with Crippen LogP contribution in [0.2, 0.25) is 0 Å². The lowest BCUT2D eigenvalue weighted by atomic mass is 9.90. The number of isothiocyanates is 1. The molecular formula is C51H58N9O16PS. The summed E-state index contributed by atoms with van der Waals surface area (Å²) in [4.78, 5) is 140. The molecule has 1 aliphatic carbocycles. The second-order valence-electron chi connectivity index (χ2n) is 18.2. The molecule has 4 atom stereocenters. The van der Waals surface area contributed by atoms with Gasteiger partial charge in [0.05, 0.1) is 24.0 Å². The third-order valence-electron chi connectivity index (χ3n) is 11.7. The highest BCUT2D eigenvalue weighted by Gasteiger charge is 2.30. The van der Waals surface area contributed by atoms with Gasteiger partial charge in [-0.1, -0.05) is 32.0 Å². The van der Waals surface area contributed by atoms with E-state index in [0.29, 0.717) is 33.3 Å². The summed E-state index contributed by atoms with van der Waals surface area (Å²) >= 11 is 4.81. The SMILES string of the molecule is CC(C)C[C@H](NC(=O)CNC(=O)[C@H](CCC(N)=O)NC(=O)[C@H](Cc1ccc(OP(=O)(O)O)cc1)NC(=O)CCCCNC(=O)c1cc(N=C=S)ccc1-c1c2ccc(=O)cc-2oc2cc(O)ccc12)C(=O)N[C@@H](CO)C(N)=O. The molecular weight excluding hydrogens is 1060 g/mol. The van der Waals surface area contributed by atoms with E-state index in [2.05, 4.69) is 46.6 Å². The molecule has 8 amide bonds. The Morgan fingerprint density at radius 1 is 0.769 bits per heavy atom. The standard InChI is InChI=1S/C51H58N9O16PS/c1-27(2)19-38(50(70)60-40(25-61)47(53)67)58-45(66)24-55-49(69)37(16-17-43(52)64)59-51(71)39(20-28-6-11-32(12-7-28)76-77(72,73)74)57-44(65)5-3-4-18-54-48(68)36-21-29(56-26-78)8-13-33(36)46-34-14-9-30(62)22-41(34)75-42-23-31(63)10-15-35(42)46/h6-15,21-23,27,37-40,61-62H,3-5,16-20,24-25H2,1-2H3,(H2,52,64)(H2,53,67)(H,54,68)(H,55,69)(H,57,65)(H,58,66)(H,59,71)(H,60,70)(H2,72,73,74)/t37-,38-,39-,40-/m0/s1. The number of aliphatic imine (C=N–C) groups is 1. The second-order valence-corrected chi connectivity index (χ2v) is 19.5. The minimum absolute atomic E-state index is 0.0535. The summed E-state index contributed by atoms with van der Waals surface area (Å²) in [6, 6.07) is 13.0. The van der Waals surface area contributed by atoms with Crippen LogP contribution in [0.25, 0.3) is 33.4 Å². The van der Waals surface area contributed by atoms with Crippen LogP contribution in [0.3, 0.4) is 0 Å². The van der Waals surface area contributed by atoms with E-state index in [4.69, 9.17) is 28.1 Å². The lowest BCUT2D eigenvalue weighted by Gasteiger charge is -2.24. The number of nitrogens with two attached hydrogens (primary N) is 2. The van der Waals surface area contributed by atoms with Crippen LogP contribution in [0.1, 0.15) is 68.3 Å². The molecule has 2 aliphatic rings. The minimum atomic E-state index is -4.93. The molecule has 0 radical (unpaired) electrons. The zero-order valence-electron chi connectivity index (χ0n) is 42.1. The fourth-order valence-corrected chi connectivity index (χ4v) is 8.50. The monoisotopic (exact) mass is 1120 g/mol. The lowest BCUT2D eigenvalue weighted by Crippen LogP contribution is -2.57. The van der Waals surface area contributed by atoms with Crippen molar-refractivity contribution in [2.45, 2.75) is 83.0 Å². The summed E-state index contributed by atoms with van der Waals surface area (Å²) in [6.45, 7) is 2.01. The molecule has 1 aliphatic heterocycles. The van der Waals surface area contributed by atoms with Crippen molar-refractivity contribution in [2.75, 3.05) is 19.7 Å². The Hall–Kier alpha value is -8.38. The average molecular weight is 1120 g/mol. The first-order valence-corrected chi connectivity index (χ1v) is 26.1. The third-order valence-corrected chi connectivity index (χ3v) is 12.2. The Bertz CT molecular complexity index is 3180. The van der Waals surface area contributed by atoms with Gasteiger partial charge in [-0.15, -0.1) is 0 Å². The molecule has 14 N–H and O–H groups in total. The summed E-state index contributed by atoms with van der Waals surface area (Å²) < 4.78 is 22.0. The highest BCUT2D eigenvalue weighted by atomic mass is 32.1. The molecule has 0 saturated carbocycles. The molecule has 1 heterocycles. The molecule has 3 aromatic carbocycles. The molecule has 0 saturated heterocycles. The van der Waals surface area contributed by atoms with E-state index >= 15 is 0 Å².